The quantitative estimate of drug-likeness (QED) is 0.766. The third-order valence-corrected chi connectivity index (χ3v) is 5.09. The first-order chi connectivity index (χ1) is 11.9. The second kappa shape index (κ2) is 5.95. The monoisotopic (exact) mass is 334 g/mol. The lowest BCUT2D eigenvalue weighted by Crippen LogP contribution is -2.31. The molecule has 0 fully saturated rings. The summed E-state index contributed by atoms with van der Waals surface area (Å²) in [6, 6.07) is 6.51. The van der Waals surface area contributed by atoms with Gasteiger partial charge in [0.2, 0.25) is 0 Å². The van der Waals surface area contributed by atoms with Gasteiger partial charge in [-0.25, -0.2) is 9.97 Å². The largest absolute Gasteiger partial charge is 0.361 e. The molecule has 0 atom stereocenters. The summed E-state index contributed by atoms with van der Waals surface area (Å²) in [6.45, 7) is 11.6. The number of hydrogen-bond acceptors (Lipinski definition) is 3. The van der Waals surface area contributed by atoms with Crippen molar-refractivity contribution in [1.82, 2.24) is 19.9 Å². The number of aryl methyl sites for hydroxylation is 1. The summed E-state index contributed by atoms with van der Waals surface area (Å²) in [4.78, 5) is 15.4. The maximum atomic E-state index is 4.83. The predicted molar refractivity (Wildman–Crippen MR) is 102 cm³/mol. The minimum atomic E-state index is 0.00800. The number of aromatic nitrogens is 3. The maximum absolute atomic E-state index is 4.83. The van der Waals surface area contributed by atoms with Gasteiger partial charge < -0.3 is 4.98 Å². The molecule has 0 bridgehead atoms. The Morgan fingerprint density at radius 1 is 1.24 bits per heavy atom. The number of benzene rings is 1. The number of hydrogen-bond donors (Lipinski definition) is 1. The molecule has 0 amide bonds. The van der Waals surface area contributed by atoms with Gasteiger partial charge in [0.25, 0.3) is 0 Å². The van der Waals surface area contributed by atoms with E-state index in [0.717, 1.165) is 31.9 Å². The number of nitrogens with one attached hydrogen (secondary N) is 1. The zero-order valence-corrected chi connectivity index (χ0v) is 15.6. The van der Waals surface area contributed by atoms with Gasteiger partial charge in [0.1, 0.15) is 5.82 Å². The van der Waals surface area contributed by atoms with Gasteiger partial charge in [-0.05, 0) is 18.1 Å². The van der Waals surface area contributed by atoms with Crippen LogP contribution in [0.2, 0.25) is 0 Å². The van der Waals surface area contributed by atoms with Crippen molar-refractivity contribution >= 4 is 10.9 Å². The average Bonchev–Trinajstić information content (AvgIpc) is 2.98. The molecule has 1 N–H and O–H groups in total. The van der Waals surface area contributed by atoms with Crippen LogP contribution in [0.25, 0.3) is 10.9 Å². The van der Waals surface area contributed by atoms with Gasteiger partial charge in [-0.3, -0.25) is 4.90 Å². The number of aromatic amines is 1. The molecule has 1 aliphatic rings. The lowest BCUT2D eigenvalue weighted by molar-refractivity contribution is 0.243. The molecular weight excluding hydrogens is 308 g/mol. The zero-order chi connectivity index (χ0) is 17.6. The molecule has 25 heavy (non-hydrogen) atoms. The van der Waals surface area contributed by atoms with Crippen LogP contribution in [0.3, 0.4) is 0 Å². The second-order valence-corrected chi connectivity index (χ2v) is 8.19. The van der Waals surface area contributed by atoms with Gasteiger partial charge in [-0.15, -0.1) is 0 Å². The topological polar surface area (TPSA) is 44.8 Å². The predicted octanol–water partition coefficient (Wildman–Crippen LogP) is 4.12. The third-order valence-electron chi connectivity index (χ3n) is 5.09. The molecule has 0 radical (unpaired) electrons. The highest BCUT2D eigenvalue weighted by molar-refractivity contribution is 5.85. The summed E-state index contributed by atoms with van der Waals surface area (Å²) in [5.74, 6) is 0.951. The average molecular weight is 334 g/mol. The Kier molecular flexibility index (Phi) is 3.88. The van der Waals surface area contributed by atoms with Crippen molar-refractivity contribution < 1.29 is 0 Å². The van der Waals surface area contributed by atoms with E-state index in [9.17, 15) is 0 Å². The van der Waals surface area contributed by atoms with E-state index >= 15 is 0 Å². The van der Waals surface area contributed by atoms with Gasteiger partial charge in [-0.2, -0.15) is 0 Å². The van der Waals surface area contributed by atoms with Crippen molar-refractivity contribution in [3.63, 3.8) is 0 Å². The highest BCUT2D eigenvalue weighted by Gasteiger charge is 2.23. The lowest BCUT2D eigenvalue weighted by Gasteiger charge is -2.29. The molecule has 2 aromatic heterocycles. The van der Waals surface area contributed by atoms with E-state index in [-0.39, 0.29) is 5.41 Å². The first-order valence-electron chi connectivity index (χ1n) is 9.05. The Bertz CT molecular complexity index is 917. The normalized spacial score (nSPS) is 15.5. The van der Waals surface area contributed by atoms with E-state index < -0.39 is 0 Å². The van der Waals surface area contributed by atoms with Crippen molar-refractivity contribution in [3.8, 4) is 0 Å². The Morgan fingerprint density at radius 3 is 2.88 bits per heavy atom. The van der Waals surface area contributed by atoms with E-state index in [0.29, 0.717) is 0 Å². The Balaban J connectivity index is 1.55. The summed E-state index contributed by atoms with van der Waals surface area (Å²) in [5.41, 5.74) is 6.44. The Hall–Kier alpha value is -2.20. The molecule has 4 heteroatoms. The number of para-hydroxylation sites is 1. The molecule has 0 saturated carbocycles. The van der Waals surface area contributed by atoms with E-state index in [4.69, 9.17) is 4.98 Å². The summed E-state index contributed by atoms with van der Waals surface area (Å²) in [6.07, 6.45) is 5.20. The van der Waals surface area contributed by atoms with Gasteiger partial charge >= 0.3 is 0 Å². The van der Waals surface area contributed by atoms with Crippen LogP contribution in [0.4, 0.5) is 0 Å². The lowest BCUT2D eigenvalue weighted by atomic mass is 9.95. The van der Waals surface area contributed by atoms with Crippen LogP contribution in [0.5, 0.6) is 0 Å². The molecule has 1 aliphatic heterocycles. The Labute approximate surface area is 149 Å². The summed E-state index contributed by atoms with van der Waals surface area (Å²) >= 11 is 0. The molecule has 4 nitrogen and oxygen atoms in total. The maximum Gasteiger partial charge on any atom is 0.133 e. The fourth-order valence-electron chi connectivity index (χ4n) is 3.61. The SMILES string of the molecule is Cc1cccc2c(CN3CCc4nc(C(C)(C)C)ncc4C3)c[nH]c12. The Morgan fingerprint density at radius 2 is 2.08 bits per heavy atom. The second-order valence-electron chi connectivity index (χ2n) is 8.19. The van der Waals surface area contributed by atoms with Crippen LogP contribution in [0.15, 0.2) is 30.6 Å². The minimum Gasteiger partial charge on any atom is -0.361 e. The minimum absolute atomic E-state index is 0.00800. The molecular formula is C21H26N4. The van der Waals surface area contributed by atoms with Crippen LogP contribution in [0, 0.1) is 6.92 Å². The van der Waals surface area contributed by atoms with Crippen molar-refractivity contribution in [1.29, 1.82) is 0 Å². The summed E-state index contributed by atoms with van der Waals surface area (Å²) < 4.78 is 0. The van der Waals surface area contributed by atoms with Crippen molar-refractivity contribution in [2.24, 2.45) is 0 Å². The molecule has 0 aliphatic carbocycles. The van der Waals surface area contributed by atoms with Crippen molar-refractivity contribution in [3.05, 3.63) is 58.8 Å². The summed E-state index contributed by atoms with van der Waals surface area (Å²) in [7, 11) is 0. The number of H-pyrrole nitrogens is 1. The highest BCUT2D eigenvalue weighted by atomic mass is 15.1. The van der Waals surface area contributed by atoms with Gasteiger partial charge in [0.15, 0.2) is 0 Å². The number of fused-ring (bicyclic) bond motifs is 2. The molecule has 4 rings (SSSR count). The van der Waals surface area contributed by atoms with Crippen molar-refractivity contribution in [2.45, 2.75) is 52.6 Å². The van der Waals surface area contributed by atoms with Crippen molar-refractivity contribution in [2.75, 3.05) is 6.54 Å². The van der Waals surface area contributed by atoms with Gasteiger partial charge in [0.05, 0.1) is 0 Å². The van der Waals surface area contributed by atoms with Gasteiger partial charge in [-0.1, -0.05) is 39.0 Å². The van der Waals surface area contributed by atoms with E-state index in [1.807, 2.05) is 6.20 Å². The fraction of sp³-hybridized carbons (Fsp3) is 0.429. The third kappa shape index (κ3) is 3.07. The van der Waals surface area contributed by atoms with E-state index in [1.165, 1.54) is 33.3 Å². The molecule has 130 valence electrons. The molecule has 3 aromatic rings. The molecule has 1 aromatic carbocycles. The van der Waals surface area contributed by atoms with Crippen LogP contribution >= 0.6 is 0 Å². The fourth-order valence-corrected chi connectivity index (χ4v) is 3.61. The molecule has 0 spiro atoms. The van der Waals surface area contributed by atoms with Crippen LogP contribution < -0.4 is 0 Å². The number of rotatable bonds is 2. The first-order valence-corrected chi connectivity index (χ1v) is 9.05. The van der Waals surface area contributed by atoms with E-state index in [2.05, 4.69) is 67.0 Å². The number of nitrogens with zero attached hydrogens (tertiary/aromatic N) is 3. The van der Waals surface area contributed by atoms with Gasteiger partial charge in [0, 0.05) is 66.0 Å². The zero-order valence-electron chi connectivity index (χ0n) is 15.6. The highest BCUT2D eigenvalue weighted by Crippen LogP contribution is 2.26. The summed E-state index contributed by atoms with van der Waals surface area (Å²) in [5, 5.41) is 1.34. The molecule has 0 saturated heterocycles. The first kappa shape index (κ1) is 16.3. The molecule has 3 heterocycles. The standard InChI is InChI=1S/C21H26N4/c1-14-6-5-7-17-15(10-22-19(14)17)12-25-9-8-18-16(13-25)11-23-20(24-18)21(2,3)4/h5-7,10-11,22H,8-9,12-13H2,1-4H3. The van der Waals surface area contributed by atoms with E-state index in [1.54, 1.807) is 0 Å². The van der Waals surface area contributed by atoms with Crippen LogP contribution in [-0.4, -0.2) is 26.4 Å². The van der Waals surface area contributed by atoms with Crippen LogP contribution in [0.1, 0.15) is 49.0 Å². The smallest absolute Gasteiger partial charge is 0.133 e. The van der Waals surface area contributed by atoms with Crippen LogP contribution in [-0.2, 0) is 24.9 Å². The molecule has 0 unspecified atom stereocenters.